The molecule has 1 aliphatic heterocycles. The quantitative estimate of drug-likeness (QED) is 0.516. The SMILES string of the molecule is COc1ccc(C(=O)Cn2c3[n+](c4c(F)c(F)ccc42)CCCCC3)cc1. The third-order valence-electron chi connectivity index (χ3n) is 5.23. The molecule has 140 valence electrons. The molecule has 0 aliphatic carbocycles. The molecule has 2 aromatic carbocycles. The number of aromatic nitrogens is 2. The van der Waals surface area contributed by atoms with Crippen LogP contribution in [-0.2, 0) is 19.5 Å². The van der Waals surface area contributed by atoms with E-state index in [4.69, 9.17) is 4.74 Å². The lowest BCUT2D eigenvalue weighted by molar-refractivity contribution is -0.679. The van der Waals surface area contributed by atoms with Gasteiger partial charge in [0.25, 0.3) is 5.82 Å². The molecule has 0 saturated heterocycles. The van der Waals surface area contributed by atoms with Gasteiger partial charge in [0.05, 0.1) is 13.7 Å². The van der Waals surface area contributed by atoms with Crippen molar-refractivity contribution in [3.8, 4) is 5.75 Å². The van der Waals surface area contributed by atoms with Crippen LogP contribution >= 0.6 is 0 Å². The summed E-state index contributed by atoms with van der Waals surface area (Å²) in [4.78, 5) is 12.8. The minimum absolute atomic E-state index is 0.0769. The van der Waals surface area contributed by atoms with Gasteiger partial charge in [-0.25, -0.2) is 13.5 Å². The van der Waals surface area contributed by atoms with Crippen molar-refractivity contribution in [1.29, 1.82) is 0 Å². The minimum Gasteiger partial charge on any atom is -0.497 e. The number of halogens is 2. The number of aryl methyl sites for hydroxylation is 1. The van der Waals surface area contributed by atoms with Crippen molar-refractivity contribution in [1.82, 2.24) is 4.57 Å². The Labute approximate surface area is 156 Å². The summed E-state index contributed by atoms with van der Waals surface area (Å²) in [5, 5.41) is 0. The van der Waals surface area contributed by atoms with E-state index in [2.05, 4.69) is 0 Å². The maximum Gasteiger partial charge on any atom is 0.257 e. The lowest BCUT2D eigenvalue weighted by atomic mass is 10.1. The van der Waals surface area contributed by atoms with E-state index < -0.39 is 11.6 Å². The predicted molar refractivity (Wildman–Crippen MR) is 96.9 cm³/mol. The fourth-order valence-corrected chi connectivity index (χ4v) is 3.85. The Bertz CT molecular complexity index is 1010. The second-order valence-electron chi connectivity index (χ2n) is 6.85. The highest BCUT2D eigenvalue weighted by Gasteiger charge is 2.31. The molecule has 0 radical (unpaired) electrons. The van der Waals surface area contributed by atoms with E-state index in [1.165, 1.54) is 0 Å². The molecule has 1 aromatic heterocycles. The van der Waals surface area contributed by atoms with Crippen molar-refractivity contribution in [3.05, 3.63) is 59.4 Å². The Morgan fingerprint density at radius 2 is 1.89 bits per heavy atom. The first-order valence-corrected chi connectivity index (χ1v) is 9.16. The first-order valence-electron chi connectivity index (χ1n) is 9.16. The molecular formula is C21H21F2N2O2+. The van der Waals surface area contributed by atoms with Crippen LogP contribution < -0.4 is 9.30 Å². The summed E-state index contributed by atoms with van der Waals surface area (Å²) >= 11 is 0. The largest absolute Gasteiger partial charge is 0.497 e. The number of Topliss-reactive ketones (excluding diaryl/α,β-unsaturated/α-hetero) is 1. The first kappa shape index (κ1) is 17.6. The topological polar surface area (TPSA) is 35.1 Å². The van der Waals surface area contributed by atoms with Crippen LogP contribution in [0.3, 0.4) is 0 Å². The predicted octanol–water partition coefficient (Wildman–Crippen LogP) is 3.82. The molecule has 4 nitrogen and oxygen atoms in total. The maximum absolute atomic E-state index is 14.6. The van der Waals surface area contributed by atoms with Gasteiger partial charge in [-0.3, -0.25) is 4.79 Å². The van der Waals surface area contributed by atoms with Gasteiger partial charge in [0.15, 0.2) is 17.9 Å². The molecule has 1 aliphatic rings. The number of carbonyl (C=O) groups is 1. The van der Waals surface area contributed by atoms with Crippen molar-refractivity contribution in [2.45, 2.75) is 38.8 Å². The normalized spacial score (nSPS) is 14.0. The Balaban J connectivity index is 1.79. The third kappa shape index (κ3) is 3.09. The van der Waals surface area contributed by atoms with Gasteiger partial charge in [0, 0.05) is 12.0 Å². The molecule has 0 saturated carbocycles. The molecule has 4 rings (SSSR count). The Kier molecular flexibility index (Phi) is 4.64. The lowest BCUT2D eigenvalue weighted by Crippen LogP contribution is -2.38. The summed E-state index contributed by atoms with van der Waals surface area (Å²) < 4.78 is 37.2. The summed E-state index contributed by atoms with van der Waals surface area (Å²) in [6.07, 6.45) is 3.66. The van der Waals surface area contributed by atoms with Crippen LogP contribution in [0.5, 0.6) is 5.75 Å². The fourth-order valence-electron chi connectivity index (χ4n) is 3.85. The van der Waals surface area contributed by atoms with Crippen LogP contribution in [0, 0.1) is 11.6 Å². The van der Waals surface area contributed by atoms with Gasteiger partial charge in [-0.2, -0.15) is 4.39 Å². The second-order valence-corrected chi connectivity index (χ2v) is 6.85. The van der Waals surface area contributed by atoms with Crippen molar-refractivity contribution in [2.75, 3.05) is 7.11 Å². The lowest BCUT2D eigenvalue weighted by Gasteiger charge is -2.04. The minimum atomic E-state index is -0.860. The molecule has 3 aromatic rings. The van der Waals surface area contributed by atoms with Gasteiger partial charge in [-0.15, -0.1) is 0 Å². The maximum atomic E-state index is 14.6. The van der Waals surface area contributed by atoms with E-state index in [1.54, 1.807) is 37.4 Å². The number of hydrogen-bond acceptors (Lipinski definition) is 2. The zero-order valence-electron chi connectivity index (χ0n) is 15.2. The first-order chi connectivity index (χ1) is 13.1. The third-order valence-corrected chi connectivity index (χ3v) is 5.23. The number of benzene rings is 2. The summed E-state index contributed by atoms with van der Waals surface area (Å²) in [6.45, 7) is 0.728. The standard InChI is InChI=1S/C21H21F2N2O2/c1-27-15-8-6-14(7-9-15)18(26)13-25-17-11-10-16(22)20(23)21(17)24-12-4-2-3-5-19(24)25/h6-11H,2-5,12-13H2,1H3/q+1. The van der Waals surface area contributed by atoms with Crippen LogP contribution in [0.1, 0.15) is 35.4 Å². The molecule has 27 heavy (non-hydrogen) atoms. The average Bonchev–Trinajstić information content (AvgIpc) is 2.84. The molecule has 0 bridgehead atoms. The van der Waals surface area contributed by atoms with Crippen molar-refractivity contribution >= 4 is 16.8 Å². The molecule has 6 heteroatoms. The summed E-state index contributed by atoms with van der Waals surface area (Å²) in [5.41, 5.74) is 1.38. The van der Waals surface area contributed by atoms with Crippen LogP contribution in [0.15, 0.2) is 36.4 Å². The Morgan fingerprint density at radius 1 is 1.11 bits per heavy atom. The molecular weight excluding hydrogens is 350 g/mol. The van der Waals surface area contributed by atoms with Gasteiger partial charge in [-0.05, 0) is 55.7 Å². The molecule has 2 heterocycles. The van der Waals surface area contributed by atoms with Gasteiger partial charge in [0.1, 0.15) is 5.75 Å². The van der Waals surface area contributed by atoms with Gasteiger partial charge in [-0.1, -0.05) is 0 Å². The van der Waals surface area contributed by atoms with Gasteiger partial charge >= 0.3 is 0 Å². The summed E-state index contributed by atoms with van der Waals surface area (Å²) in [5.74, 6) is -0.215. The highest BCUT2D eigenvalue weighted by Crippen LogP contribution is 2.24. The fraction of sp³-hybridized carbons (Fsp3) is 0.333. The number of nitrogens with zero attached hydrogens (tertiary/aromatic N) is 2. The van der Waals surface area contributed by atoms with E-state index in [0.717, 1.165) is 37.6 Å². The van der Waals surface area contributed by atoms with Gasteiger partial charge < -0.3 is 4.74 Å². The molecule has 0 atom stereocenters. The van der Waals surface area contributed by atoms with Crippen molar-refractivity contribution in [2.24, 2.45) is 0 Å². The van der Waals surface area contributed by atoms with Crippen LogP contribution in [0.4, 0.5) is 8.78 Å². The Morgan fingerprint density at radius 3 is 2.63 bits per heavy atom. The van der Waals surface area contributed by atoms with Gasteiger partial charge in [0.2, 0.25) is 17.1 Å². The number of hydrogen-bond donors (Lipinski definition) is 0. The number of carbonyl (C=O) groups excluding carboxylic acids is 1. The van der Waals surface area contributed by atoms with E-state index in [0.29, 0.717) is 23.4 Å². The number of ketones is 1. The molecule has 0 amide bonds. The molecule has 0 fully saturated rings. The monoisotopic (exact) mass is 371 g/mol. The molecule has 0 N–H and O–H groups in total. The number of fused-ring (bicyclic) bond motifs is 3. The Hall–Kier alpha value is -2.76. The van der Waals surface area contributed by atoms with Crippen LogP contribution in [-0.4, -0.2) is 17.5 Å². The van der Waals surface area contributed by atoms with Crippen molar-refractivity contribution in [3.63, 3.8) is 0 Å². The number of ether oxygens (including phenoxy) is 1. The van der Waals surface area contributed by atoms with E-state index >= 15 is 0 Å². The average molecular weight is 371 g/mol. The molecule has 0 unspecified atom stereocenters. The van der Waals surface area contributed by atoms with E-state index in [-0.39, 0.29) is 17.8 Å². The zero-order chi connectivity index (χ0) is 19.0. The van der Waals surface area contributed by atoms with Crippen LogP contribution in [0.25, 0.3) is 11.0 Å². The highest BCUT2D eigenvalue weighted by atomic mass is 19.2. The van der Waals surface area contributed by atoms with Crippen molar-refractivity contribution < 1.29 is 22.9 Å². The number of rotatable bonds is 4. The van der Waals surface area contributed by atoms with Crippen LogP contribution in [0.2, 0.25) is 0 Å². The number of methoxy groups -OCH3 is 1. The molecule has 0 spiro atoms. The van der Waals surface area contributed by atoms with E-state index in [9.17, 15) is 13.6 Å². The van der Waals surface area contributed by atoms with E-state index in [1.807, 2.05) is 9.13 Å². The number of imidazole rings is 1. The highest BCUT2D eigenvalue weighted by molar-refractivity contribution is 5.96. The summed E-state index contributed by atoms with van der Waals surface area (Å²) in [6, 6.07) is 9.62. The summed E-state index contributed by atoms with van der Waals surface area (Å²) in [7, 11) is 1.57. The smallest absolute Gasteiger partial charge is 0.257 e. The second kappa shape index (κ2) is 7.10. The zero-order valence-corrected chi connectivity index (χ0v) is 15.2.